The molecule has 2 rings (SSSR count). The van der Waals surface area contributed by atoms with E-state index in [0.717, 1.165) is 0 Å². The first-order valence-corrected chi connectivity index (χ1v) is 6.75. The van der Waals surface area contributed by atoms with Crippen LogP contribution < -0.4 is 0 Å². The Morgan fingerprint density at radius 2 is 1.19 bits per heavy atom. The summed E-state index contributed by atoms with van der Waals surface area (Å²) < 4.78 is 0. The smallest absolute Gasteiger partial charge is 0.0211 e. The van der Waals surface area contributed by atoms with Crippen molar-refractivity contribution < 1.29 is 0 Å². The van der Waals surface area contributed by atoms with Crippen molar-refractivity contribution in [3.63, 3.8) is 0 Å². The molecule has 0 bridgehead atoms. The van der Waals surface area contributed by atoms with Crippen LogP contribution in [0.5, 0.6) is 0 Å². The number of nitrogens with zero attached hydrogens (tertiary/aromatic N) is 2. The van der Waals surface area contributed by atoms with Crippen LogP contribution in [0, 0.1) is 0 Å². The zero-order chi connectivity index (χ0) is 11.7. The minimum atomic E-state index is 0.698. The molecule has 2 aliphatic heterocycles. The molecular weight excluding hydrogens is 196 g/mol. The highest BCUT2D eigenvalue weighted by molar-refractivity contribution is 5.23. The van der Waals surface area contributed by atoms with Crippen molar-refractivity contribution in [3.05, 3.63) is 11.1 Å². The van der Waals surface area contributed by atoms with E-state index in [1.165, 1.54) is 39.0 Å². The third-order valence-electron chi connectivity index (χ3n) is 4.15. The second-order valence-corrected chi connectivity index (χ2v) is 5.84. The maximum Gasteiger partial charge on any atom is 0.0211 e. The van der Waals surface area contributed by atoms with Crippen LogP contribution in [0.25, 0.3) is 0 Å². The number of hydrogen-bond donors (Lipinski definition) is 0. The van der Waals surface area contributed by atoms with E-state index in [0.29, 0.717) is 12.1 Å². The molecule has 0 aromatic carbocycles. The highest BCUT2D eigenvalue weighted by atomic mass is 15.2. The number of rotatable bonds is 2. The van der Waals surface area contributed by atoms with Gasteiger partial charge in [-0.1, -0.05) is 5.57 Å². The Balaban J connectivity index is 2.04. The molecule has 0 aromatic heterocycles. The molecule has 2 heterocycles. The maximum absolute atomic E-state index is 2.61. The van der Waals surface area contributed by atoms with Crippen LogP contribution in [0.2, 0.25) is 0 Å². The molecular formula is C14H26N2. The van der Waals surface area contributed by atoms with Gasteiger partial charge in [0.25, 0.3) is 0 Å². The van der Waals surface area contributed by atoms with E-state index >= 15 is 0 Å². The molecule has 16 heavy (non-hydrogen) atoms. The summed E-state index contributed by atoms with van der Waals surface area (Å²) in [6.45, 7) is 14.2. The second kappa shape index (κ2) is 4.89. The van der Waals surface area contributed by atoms with E-state index in [1.54, 1.807) is 11.1 Å². The van der Waals surface area contributed by atoms with Crippen LogP contribution >= 0.6 is 0 Å². The summed E-state index contributed by atoms with van der Waals surface area (Å²) in [6.07, 6.45) is 2.64. The number of hydrogen-bond acceptors (Lipinski definition) is 2. The molecule has 2 heteroatoms. The average molecular weight is 222 g/mol. The lowest BCUT2D eigenvalue weighted by Crippen LogP contribution is -2.44. The van der Waals surface area contributed by atoms with Crippen molar-refractivity contribution in [2.24, 2.45) is 0 Å². The third-order valence-corrected chi connectivity index (χ3v) is 4.15. The normalized spacial score (nSPS) is 24.4. The van der Waals surface area contributed by atoms with E-state index in [4.69, 9.17) is 0 Å². The Labute approximate surface area is 100 Å². The van der Waals surface area contributed by atoms with Crippen LogP contribution in [0.4, 0.5) is 0 Å². The van der Waals surface area contributed by atoms with Gasteiger partial charge in [0, 0.05) is 38.3 Å². The lowest BCUT2D eigenvalue weighted by atomic mass is 9.92. The van der Waals surface area contributed by atoms with Gasteiger partial charge in [-0.3, -0.25) is 9.80 Å². The maximum atomic E-state index is 2.61. The van der Waals surface area contributed by atoms with Gasteiger partial charge in [-0.2, -0.15) is 0 Å². The van der Waals surface area contributed by atoms with E-state index < -0.39 is 0 Å². The molecule has 0 amide bonds. The first-order valence-electron chi connectivity index (χ1n) is 6.75. The van der Waals surface area contributed by atoms with Gasteiger partial charge in [-0.25, -0.2) is 0 Å². The summed E-state index contributed by atoms with van der Waals surface area (Å²) in [5, 5.41) is 0. The summed E-state index contributed by atoms with van der Waals surface area (Å²) >= 11 is 0. The largest absolute Gasteiger partial charge is 0.297 e. The summed E-state index contributed by atoms with van der Waals surface area (Å²) in [6, 6.07) is 1.40. The average Bonchev–Trinajstić information content (AvgIpc) is 2.27. The molecule has 92 valence electrons. The predicted molar refractivity (Wildman–Crippen MR) is 69.7 cm³/mol. The van der Waals surface area contributed by atoms with E-state index in [2.05, 4.69) is 37.5 Å². The predicted octanol–water partition coefficient (Wildman–Crippen LogP) is 2.51. The quantitative estimate of drug-likeness (QED) is 0.662. The fourth-order valence-electron chi connectivity index (χ4n) is 2.84. The molecule has 0 radical (unpaired) electrons. The Bertz CT molecular complexity index is 252. The van der Waals surface area contributed by atoms with E-state index in [-0.39, 0.29) is 0 Å². The van der Waals surface area contributed by atoms with Crippen LogP contribution in [-0.4, -0.2) is 48.1 Å². The molecule has 0 aliphatic carbocycles. The lowest BCUT2D eigenvalue weighted by molar-refractivity contribution is 0.183. The summed E-state index contributed by atoms with van der Waals surface area (Å²) in [4.78, 5) is 5.23. The Hall–Kier alpha value is -0.340. The highest BCUT2D eigenvalue weighted by Crippen LogP contribution is 2.27. The molecule has 0 unspecified atom stereocenters. The molecule has 0 fully saturated rings. The minimum absolute atomic E-state index is 0.698. The second-order valence-electron chi connectivity index (χ2n) is 5.84. The summed E-state index contributed by atoms with van der Waals surface area (Å²) in [5.74, 6) is 0. The van der Waals surface area contributed by atoms with Gasteiger partial charge in [0.1, 0.15) is 0 Å². The zero-order valence-corrected chi connectivity index (χ0v) is 11.3. The molecule has 0 saturated heterocycles. The van der Waals surface area contributed by atoms with Gasteiger partial charge >= 0.3 is 0 Å². The van der Waals surface area contributed by atoms with Crippen molar-refractivity contribution >= 4 is 0 Å². The standard InChI is InChI=1S/C14H26N2/c1-11(2)15-7-5-13-6-8-16(12(3)4)10-14(13)9-15/h11-12H,5-10H2,1-4H3. The molecule has 0 saturated carbocycles. The van der Waals surface area contributed by atoms with Crippen molar-refractivity contribution in [1.82, 2.24) is 9.80 Å². The lowest BCUT2D eigenvalue weighted by Gasteiger charge is -2.40. The zero-order valence-electron chi connectivity index (χ0n) is 11.3. The van der Waals surface area contributed by atoms with Gasteiger partial charge in [-0.15, -0.1) is 0 Å². The molecule has 2 aliphatic rings. The molecule has 0 N–H and O–H groups in total. The van der Waals surface area contributed by atoms with Crippen molar-refractivity contribution in [2.45, 2.75) is 52.6 Å². The van der Waals surface area contributed by atoms with Gasteiger partial charge in [0.05, 0.1) is 0 Å². The Morgan fingerprint density at radius 1 is 0.750 bits per heavy atom. The third kappa shape index (κ3) is 2.49. The highest BCUT2D eigenvalue weighted by Gasteiger charge is 2.26. The van der Waals surface area contributed by atoms with Gasteiger partial charge in [0.15, 0.2) is 0 Å². The van der Waals surface area contributed by atoms with Gasteiger partial charge < -0.3 is 0 Å². The van der Waals surface area contributed by atoms with E-state index in [1.807, 2.05) is 0 Å². The Kier molecular flexibility index (Phi) is 3.70. The van der Waals surface area contributed by atoms with Crippen LogP contribution in [0.3, 0.4) is 0 Å². The van der Waals surface area contributed by atoms with Crippen molar-refractivity contribution in [2.75, 3.05) is 26.2 Å². The fourth-order valence-corrected chi connectivity index (χ4v) is 2.84. The van der Waals surface area contributed by atoms with Crippen molar-refractivity contribution in [1.29, 1.82) is 0 Å². The molecule has 0 spiro atoms. The fraction of sp³-hybridized carbons (Fsp3) is 0.857. The Morgan fingerprint density at radius 3 is 1.56 bits per heavy atom. The van der Waals surface area contributed by atoms with Gasteiger partial charge in [-0.05, 0) is 46.1 Å². The first kappa shape index (κ1) is 12.1. The van der Waals surface area contributed by atoms with Gasteiger partial charge in [0.2, 0.25) is 0 Å². The van der Waals surface area contributed by atoms with Crippen LogP contribution in [-0.2, 0) is 0 Å². The first-order chi connectivity index (χ1) is 7.58. The minimum Gasteiger partial charge on any atom is -0.297 e. The molecule has 2 nitrogen and oxygen atoms in total. The van der Waals surface area contributed by atoms with Crippen molar-refractivity contribution in [3.8, 4) is 0 Å². The molecule has 0 atom stereocenters. The van der Waals surface area contributed by atoms with Crippen LogP contribution in [0.15, 0.2) is 11.1 Å². The monoisotopic (exact) mass is 222 g/mol. The topological polar surface area (TPSA) is 6.48 Å². The molecule has 0 aromatic rings. The van der Waals surface area contributed by atoms with E-state index in [9.17, 15) is 0 Å². The summed E-state index contributed by atoms with van der Waals surface area (Å²) in [5.41, 5.74) is 3.49. The summed E-state index contributed by atoms with van der Waals surface area (Å²) in [7, 11) is 0. The van der Waals surface area contributed by atoms with Crippen LogP contribution in [0.1, 0.15) is 40.5 Å². The SMILES string of the molecule is CC(C)N1CCC2=C(C1)CN(C(C)C)CC2.